The van der Waals surface area contributed by atoms with Crippen molar-refractivity contribution in [3.8, 4) is 11.4 Å². The Morgan fingerprint density at radius 3 is 2.45 bits per heavy atom. The Bertz CT molecular complexity index is 1210. The molecule has 10 nitrogen and oxygen atoms in total. The third-order valence-corrected chi connectivity index (χ3v) is 4.26. The van der Waals surface area contributed by atoms with Crippen LogP contribution in [0, 0.1) is 0 Å². The van der Waals surface area contributed by atoms with Gasteiger partial charge in [-0.05, 0) is 40.8 Å². The summed E-state index contributed by atoms with van der Waals surface area (Å²) >= 11 is 0. The lowest BCUT2D eigenvalue weighted by Crippen LogP contribution is -2.27. The zero-order valence-electron chi connectivity index (χ0n) is 16.4. The van der Waals surface area contributed by atoms with Crippen LogP contribution in [0.2, 0.25) is 0 Å². The second kappa shape index (κ2) is 9.44. The van der Waals surface area contributed by atoms with E-state index in [-0.39, 0.29) is 31.0 Å². The number of rotatable bonds is 8. The largest absolute Gasteiger partial charge is 0.492 e. The van der Waals surface area contributed by atoms with Gasteiger partial charge in [-0.3, -0.25) is 4.79 Å². The average Bonchev–Trinajstić information content (AvgIpc) is 3.29. The van der Waals surface area contributed by atoms with Gasteiger partial charge in [-0.25, -0.2) is 9.48 Å². The van der Waals surface area contributed by atoms with E-state index in [0.717, 1.165) is 10.4 Å². The Kier molecular flexibility index (Phi) is 6.08. The number of esters is 1. The minimum Gasteiger partial charge on any atom is -0.492 e. The molecular formula is C21H18N6O4. The van der Waals surface area contributed by atoms with Gasteiger partial charge < -0.3 is 9.47 Å². The summed E-state index contributed by atoms with van der Waals surface area (Å²) < 4.78 is 13.5. The number of carbonyl (C=O) groups excluding carboxylic acids is 1. The number of hydrogen-bond donors (Lipinski definition) is 0. The van der Waals surface area contributed by atoms with E-state index in [4.69, 9.17) is 9.47 Å². The van der Waals surface area contributed by atoms with Gasteiger partial charge in [-0.1, -0.05) is 36.4 Å². The molecule has 0 radical (unpaired) electrons. The topological polar surface area (TPSA) is 114 Å². The maximum Gasteiger partial charge on any atom is 0.359 e. The third kappa shape index (κ3) is 4.99. The summed E-state index contributed by atoms with van der Waals surface area (Å²) in [6, 6.07) is 21.0. The molecule has 0 fully saturated rings. The Morgan fingerprint density at radius 2 is 1.68 bits per heavy atom. The van der Waals surface area contributed by atoms with E-state index in [1.54, 1.807) is 0 Å². The van der Waals surface area contributed by atoms with E-state index in [9.17, 15) is 9.59 Å². The molecule has 2 heterocycles. The zero-order valence-corrected chi connectivity index (χ0v) is 16.4. The normalized spacial score (nSPS) is 10.6. The second-order valence-corrected chi connectivity index (χ2v) is 6.36. The molecule has 0 aliphatic carbocycles. The first-order valence-corrected chi connectivity index (χ1v) is 9.46. The van der Waals surface area contributed by atoms with Crippen molar-refractivity contribution in [3.05, 3.63) is 94.7 Å². The number of nitrogens with zero attached hydrogens (tertiary/aromatic N) is 6. The van der Waals surface area contributed by atoms with E-state index >= 15 is 0 Å². The van der Waals surface area contributed by atoms with Crippen molar-refractivity contribution in [2.45, 2.75) is 13.2 Å². The Hall–Kier alpha value is -4.34. The van der Waals surface area contributed by atoms with E-state index in [1.807, 2.05) is 60.7 Å². The summed E-state index contributed by atoms with van der Waals surface area (Å²) in [5.74, 6) is 0.340. The molecular weight excluding hydrogens is 400 g/mol. The summed E-state index contributed by atoms with van der Waals surface area (Å²) in [5.41, 5.74) is 0.392. The first-order valence-electron chi connectivity index (χ1n) is 9.46. The van der Waals surface area contributed by atoms with Crippen molar-refractivity contribution >= 4 is 5.97 Å². The van der Waals surface area contributed by atoms with Crippen molar-refractivity contribution in [2.75, 3.05) is 6.61 Å². The maximum atomic E-state index is 12.4. The SMILES string of the molecule is O=C(OCc1nnnn1-c1ccccc1)c1ccc(=O)n(CCOc2ccccc2)n1. The van der Waals surface area contributed by atoms with Crippen LogP contribution in [0.1, 0.15) is 16.3 Å². The van der Waals surface area contributed by atoms with Gasteiger partial charge in [0.05, 0.1) is 12.2 Å². The number of para-hydroxylation sites is 2. The van der Waals surface area contributed by atoms with Crippen LogP contribution in [0.15, 0.2) is 77.6 Å². The smallest absolute Gasteiger partial charge is 0.359 e. The second-order valence-electron chi connectivity index (χ2n) is 6.36. The van der Waals surface area contributed by atoms with Crippen LogP contribution >= 0.6 is 0 Å². The molecule has 10 heteroatoms. The fraction of sp³-hybridized carbons (Fsp3) is 0.143. The molecule has 156 valence electrons. The van der Waals surface area contributed by atoms with Crippen LogP contribution < -0.4 is 10.3 Å². The summed E-state index contributed by atoms with van der Waals surface area (Å²) in [6.07, 6.45) is 0. The van der Waals surface area contributed by atoms with Crippen LogP contribution in [0.3, 0.4) is 0 Å². The van der Waals surface area contributed by atoms with Crippen LogP contribution in [0.5, 0.6) is 5.75 Å². The van der Waals surface area contributed by atoms with Gasteiger partial charge >= 0.3 is 5.97 Å². The highest BCUT2D eigenvalue weighted by Crippen LogP contribution is 2.09. The van der Waals surface area contributed by atoms with Crippen LogP contribution in [0.4, 0.5) is 0 Å². The quantitative estimate of drug-likeness (QED) is 0.397. The van der Waals surface area contributed by atoms with Crippen molar-refractivity contribution in [1.29, 1.82) is 0 Å². The van der Waals surface area contributed by atoms with E-state index < -0.39 is 5.97 Å². The minimum atomic E-state index is -0.694. The fourth-order valence-electron chi connectivity index (χ4n) is 2.75. The van der Waals surface area contributed by atoms with Gasteiger partial charge in [0, 0.05) is 6.07 Å². The summed E-state index contributed by atoms with van der Waals surface area (Å²) in [7, 11) is 0. The van der Waals surface area contributed by atoms with Gasteiger partial charge in [0.1, 0.15) is 12.4 Å². The van der Waals surface area contributed by atoms with Crippen LogP contribution in [-0.4, -0.2) is 42.6 Å². The zero-order chi connectivity index (χ0) is 21.5. The lowest BCUT2D eigenvalue weighted by Gasteiger charge is -2.09. The van der Waals surface area contributed by atoms with Crippen molar-refractivity contribution < 1.29 is 14.3 Å². The van der Waals surface area contributed by atoms with Crippen molar-refractivity contribution in [2.24, 2.45) is 0 Å². The van der Waals surface area contributed by atoms with Crippen molar-refractivity contribution in [3.63, 3.8) is 0 Å². The Balaban J connectivity index is 1.39. The number of benzene rings is 2. The molecule has 0 saturated heterocycles. The maximum absolute atomic E-state index is 12.4. The molecule has 4 rings (SSSR count). The van der Waals surface area contributed by atoms with E-state index in [2.05, 4.69) is 20.6 Å². The minimum absolute atomic E-state index is 0.00181. The summed E-state index contributed by atoms with van der Waals surface area (Å²) in [6.45, 7) is 0.251. The monoisotopic (exact) mass is 418 g/mol. The van der Waals surface area contributed by atoms with Gasteiger partial charge in [0.15, 0.2) is 18.1 Å². The molecule has 0 aliphatic rings. The Labute approximate surface area is 176 Å². The lowest BCUT2D eigenvalue weighted by atomic mass is 10.3. The third-order valence-electron chi connectivity index (χ3n) is 4.26. The number of hydrogen-bond acceptors (Lipinski definition) is 8. The van der Waals surface area contributed by atoms with Gasteiger partial charge in [0.2, 0.25) is 0 Å². The van der Waals surface area contributed by atoms with Crippen molar-refractivity contribution in [1.82, 2.24) is 30.0 Å². The molecule has 0 N–H and O–H groups in total. The van der Waals surface area contributed by atoms with Gasteiger partial charge in [-0.2, -0.15) is 9.78 Å². The molecule has 0 bridgehead atoms. The Morgan fingerprint density at radius 1 is 0.935 bits per heavy atom. The number of ether oxygens (including phenoxy) is 2. The highest BCUT2D eigenvalue weighted by atomic mass is 16.5. The molecule has 4 aromatic rings. The lowest BCUT2D eigenvalue weighted by molar-refractivity contribution is 0.0449. The van der Waals surface area contributed by atoms with Crippen LogP contribution in [0.25, 0.3) is 5.69 Å². The average molecular weight is 418 g/mol. The predicted molar refractivity (Wildman–Crippen MR) is 109 cm³/mol. The highest BCUT2D eigenvalue weighted by Gasteiger charge is 2.15. The summed E-state index contributed by atoms with van der Waals surface area (Å²) in [5, 5.41) is 15.5. The molecule has 0 unspecified atom stereocenters. The standard InChI is InChI=1S/C21H18N6O4/c28-20-12-11-18(23-26(20)13-14-30-17-9-5-2-6-10-17)21(29)31-15-19-22-24-25-27(19)16-7-3-1-4-8-16/h1-12H,13-15H2. The molecule has 31 heavy (non-hydrogen) atoms. The molecule has 0 spiro atoms. The van der Waals surface area contributed by atoms with Crippen LogP contribution in [-0.2, 0) is 17.9 Å². The van der Waals surface area contributed by atoms with E-state index in [0.29, 0.717) is 11.6 Å². The highest BCUT2D eigenvalue weighted by molar-refractivity contribution is 5.86. The number of carbonyl (C=O) groups is 1. The first-order chi connectivity index (χ1) is 15.2. The molecule has 2 aromatic carbocycles. The van der Waals surface area contributed by atoms with Gasteiger partial charge in [-0.15, -0.1) is 5.10 Å². The molecule has 0 aliphatic heterocycles. The van der Waals surface area contributed by atoms with E-state index in [1.165, 1.54) is 16.8 Å². The summed E-state index contributed by atoms with van der Waals surface area (Å²) in [4.78, 5) is 24.5. The molecule has 0 amide bonds. The molecule has 2 aromatic heterocycles. The number of aromatic nitrogens is 6. The van der Waals surface area contributed by atoms with Gasteiger partial charge in [0.25, 0.3) is 5.56 Å². The first kappa shape index (κ1) is 20.0. The number of tetrazole rings is 1. The predicted octanol–water partition coefficient (Wildman–Crippen LogP) is 1.65. The molecule has 0 saturated carbocycles. The fourth-order valence-corrected chi connectivity index (χ4v) is 2.75. The molecule has 0 atom stereocenters.